The van der Waals surface area contributed by atoms with Crippen LogP contribution in [0.2, 0.25) is 5.02 Å². The van der Waals surface area contributed by atoms with Crippen molar-refractivity contribution in [3.63, 3.8) is 0 Å². The monoisotopic (exact) mass is 387 g/mol. The number of nitrogens with one attached hydrogen (secondary N) is 1. The molecular formula is C19H22ClN5O2. The largest absolute Gasteiger partial charge is 0.277 e. The highest BCUT2D eigenvalue weighted by atomic mass is 35.5. The first-order chi connectivity index (χ1) is 12.9. The van der Waals surface area contributed by atoms with Crippen molar-refractivity contribution >= 4 is 29.2 Å². The number of fused-ring (bicyclic) bond motifs is 1. The molecule has 3 aromatic rings. The zero-order valence-corrected chi connectivity index (χ0v) is 16.4. The van der Waals surface area contributed by atoms with Gasteiger partial charge in [0.1, 0.15) is 0 Å². The number of aromatic nitrogens is 4. The number of aryl methyl sites for hydroxylation is 1. The summed E-state index contributed by atoms with van der Waals surface area (Å²) >= 11 is 6.27. The molecule has 3 rings (SSSR count). The predicted octanol–water partition coefficient (Wildman–Crippen LogP) is 3.41. The molecule has 0 atom stereocenters. The first kappa shape index (κ1) is 19.1. The Morgan fingerprint density at radius 1 is 1.26 bits per heavy atom. The highest BCUT2D eigenvalue weighted by Gasteiger charge is 2.21. The van der Waals surface area contributed by atoms with Crippen molar-refractivity contribution in [3.8, 4) is 0 Å². The molecule has 0 radical (unpaired) electrons. The van der Waals surface area contributed by atoms with E-state index in [1.807, 2.05) is 25.1 Å². The average Bonchev–Trinajstić information content (AvgIpc) is 3.07. The molecule has 0 bridgehead atoms. The summed E-state index contributed by atoms with van der Waals surface area (Å²) in [5, 5.41) is 3.49. The number of hydrogen-bond acceptors (Lipinski definition) is 4. The fourth-order valence-electron chi connectivity index (χ4n) is 2.75. The number of H-pyrrole nitrogens is 1. The molecule has 0 aliphatic heterocycles. The smallest absolute Gasteiger partial charge is 0.277 e. The van der Waals surface area contributed by atoms with E-state index in [1.165, 1.54) is 9.42 Å². The second kappa shape index (κ2) is 7.92. The number of hydrogen-bond donors (Lipinski definition) is 1. The highest BCUT2D eigenvalue weighted by Crippen LogP contribution is 2.21. The quantitative estimate of drug-likeness (QED) is 0.702. The molecule has 2 heterocycles. The Morgan fingerprint density at radius 2 is 2.00 bits per heavy atom. The molecule has 0 fully saturated rings. The van der Waals surface area contributed by atoms with Gasteiger partial charge in [0.15, 0.2) is 0 Å². The van der Waals surface area contributed by atoms with E-state index >= 15 is 0 Å². The summed E-state index contributed by atoms with van der Waals surface area (Å²) in [6.07, 6.45) is 2.07. The third-order valence-corrected chi connectivity index (χ3v) is 4.91. The van der Waals surface area contributed by atoms with Gasteiger partial charge in [0.05, 0.1) is 6.54 Å². The molecule has 8 heteroatoms. The van der Waals surface area contributed by atoms with E-state index in [2.05, 4.69) is 15.1 Å². The van der Waals surface area contributed by atoms with Gasteiger partial charge in [-0.15, -0.1) is 0 Å². The summed E-state index contributed by atoms with van der Waals surface area (Å²) in [7, 11) is 0. The van der Waals surface area contributed by atoms with E-state index < -0.39 is 0 Å². The minimum atomic E-state index is -0.227. The summed E-state index contributed by atoms with van der Waals surface area (Å²) in [6.45, 7) is 5.77. The number of carbonyl (C=O) groups is 1. The van der Waals surface area contributed by atoms with Crippen LogP contribution < -0.4 is 10.5 Å². The van der Waals surface area contributed by atoms with E-state index in [-0.39, 0.29) is 29.7 Å². The average molecular weight is 388 g/mol. The Kier molecular flexibility index (Phi) is 5.60. The maximum atomic E-state index is 12.8. The van der Waals surface area contributed by atoms with Gasteiger partial charge in [-0.1, -0.05) is 43.1 Å². The lowest BCUT2D eigenvalue weighted by Crippen LogP contribution is -2.31. The van der Waals surface area contributed by atoms with Crippen LogP contribution >= 0.6 is 11.6 Å². The Morgan fingerprint density at radius 3 is 2.70 bits per heavy atom. The van der Waals surface area contributed by atoms with Gasteiger partial charge in [-0.3, -0.25) is 19.6 Å². The minimum Gasteiger partial charge on any atom is -0.277 e. The number of benzene rings is 1. The Hall–Kier alpha value is -2.67. The van der Waals surface area contributed by atoms with Gasteiger partial charge in [0.25, 0.3) is 11.3 Å². The van der Waals surface area contributed by atoms with Crippen LogP contribution in [0.15, 0.2) is 29.1 Å². The number of nitrogens with zero attached hydrogens (tertiary/aromatic N) is 4. The van der Waals surface area contributed by atoms with Crippen molar-refractivity contribution < 1.29 is 4.79 Å². The van der Waals surface area contributed by atoms with E-state index in [1.54, 1.807) is 19.9 Å². The third-order valence-electron chi connectivity index (χ3n) is 4.54. The van der Waals surface area contributed by atoms with Crippen molar-refractivity contribution in [2.45, 2.75) is 46.6 Å². The first-order valence-electron chi connectivity index (χ1n) is 8.92. The molecule has 27 heavy (non-hydrogen) atoms. The highest BCUT2D eigenvalue weighted by molar-refractivity contribution is 6.31. The van der Waals surface area contributed by atoms with Gasteiger partial charge in [0, 0.05) is 22.7 Å². The molecule has 1 aromatic carbocycles. The van der Waals surface area contributed by atoms with E-state index in [9.17, 15) is 9.59 Å². The molecule has 7 nitrogen and oxygen atoms in total. The van der Waals surface area contributed by atoms with E-state index in [0.717, 1.165) is 18.4 Å². The molecule has 1 N–H and O–H groups in total. The van der Waals surface area contributed by atoms with Crippen LogP contribution in [0.4, 0.5) is 5.95 Å². The van der Waals surface area contributed by atoms with Gasteiger partial charge >= 0.3 is 0 Å². The molecule has 0 saturated carbocycles. The third kappa shape index (κ3) is 3.88. The number of anilines is 1. The SMILES string of the molecule is CCCCC(=O)N(Cc1ccccc1Cl)c1nc2nc(C)c(C)c(=O)n2[nH]1. The number of unbranched alkanes of at least 4 members (excludes halogenated alkanes) is 1. The van der Waals surface area contributed by atoms with Crippen LogP contribution in [-0.4, -0.2) is 25.5 Å². The summed E-state index contributed by atoms with van der Waals surface area (Å²) < 4.78 is 1.27. The Bertz CT molecular complexity index is 1040. The van der Waals surface area contributed by atoms with Gasteiger partial charge in [0.2, 0.25) is 11.9 Å². The van der Waals surface area contributed by atoms with E-state index in [4.69, 9.17) is 11.6 Å². The van der Waals surface area contributed by atoms with Crippen molar-refractivity contribution in [3.05, 3.63) is 56.5 Å². The van der Waals surface area contributed by atoms with Crippen LogP contribution in [0.3, 0.4) is 0 Å². The topological polar surface area (TPSA) is 83.4 Å². The van der Waals surface area contributed by atoms with Crippen LogP contribution in [0.5, 0.6) is 0 Å². The number of rotatable bonds is 6. The fraction of sp³-hybridized carbons (Fsp3) is 0.368. The first-order valence-corrected chi connectivity index (χ1v) is 9.30. The number of carbonyl (C=O) groups excluding carboxylic acids is 1. The summed E-state index contributed by atoms with van der Waals surface area (Å²) in [5.41, 5.74) is 1.73. The fourth-order valence-corrected chi connectivity index (χ4v) is 2.95. The maximum Gasteiger partial charge on any atom is 0.277 e. The zero-order valence-electron chi connectivity index (χ0n) is 15.6. The molecule has 0 aliphatic rings. The predicted molar refractivity (Wildman–Crippen MR) is 105 cm³/mol. The molecule has 1 amide bonds. The zero-order chi connectivity index (χ0) is 19.6. The molecule has 0 aliphatic carbocycles. The van der Waals surface area contributed by atoms with Gasteiger partial charge in [-0.25, -0.2) is 4.98 Å². The Balaban J connectivity index is 2.05. The van der Waals surface area contributed by atoms with Crippen LogP contribution in [-0.2, 0) is 11.3 Å². The molecule has 0 saturated heterocycles. The lowest BCUT2D eigenvalue weighted by molar-refractivity contribution is -0.118. The number of amides is 1. The van der Waals surface area contributed by atoms with Gasteiger partial charge < -0.3 is 0 Å². The van der Waals surface area contributed by atoms with E-state index in [0.29, 0.717) is 22.7 Å². The van der Waals surface area contributed by atoms with Gasteiger partial charge in [-0.2, -0.15) is 9.50 Å². The molecule has 0 spiro atoms. The van der Waals surface area contributed by atoms with Crippen LogP contribution in [0, 0.1) is 13.8 Å². The van der Waals surface area contributed by atoms with Crippen LogP contribution in [0.1, 0.15) is 43.0 Å². The molecular weight excluding hydrogens is 366 g/mol. The molecule has 142 valence electrons. The number of aromatic amines is 1. The Labute approximate surface area is 162 Å². The summed E-state index contributed by atoms with van der Waals surface area (Å²) in [4.78, 5) is 35.5. The van der Waals surface area contributed by atoms with Crippen molar-refractivity contribution in [2.75, 3.05) is 4.90 Å². The van der Waals surface area contributed by atoms with Crippen LogP contribution in [0.25, 0.3) is 5.78 Å². The molecule has 0 unspecified atom stereocenters. The van der Waals surface area contributed by atoms with Gasteiger partial charge in [-0.05, 0) is 31.9 Å². The second-order valence-corrected chi connectivity index (χ2v) is 6.89. The maximum absolute atomic E-state index is 12.8. The van der Waals surface area contributed by atoms with Crippen molar-refractivity contribution in [1.82, 2.24) is 19.6 Å². The molecule has 2 aromatic heterocycles. The minimum absolute atomic E-state index is 0.0858. The van der Waals surface area contributed by atoms with Crippen molar-refractivity contribution in [1.29, 1.82) is 0 Å². The van der Waals surface area contributed by atoms with Crippen molar-refractivity contribution in [2.24, 2.45) is 0 Å². The lowest BCUT2D eigenvalue weighted by Gasteiger charge is -2.20. The summed E-state index contributed by atoms with van der Waals surface area (Å²) in [5.74, 6) is 0.438. The lowest BCUT2D eigenvalue weighted by atomic mass is 10.2. The standard InChI is InChI=1S/C19H22ClN5O2/c1-4-5-10-16(26)24(11-14-8-6-7-9-15(14)20)19-22-18-21-13(3)12(2)17(27)25(18)23-19/h6-9H,4-5,10-11H2,1-3H3,(H,21,22,23). The number of halogens is 1. The normalized spacial score (nSPS) is 11.1. The second-order valence-electron chi connectivity index (χ2n) is 6.48. The summed E-state index contributed by atoms with van der Waals surface area (Å²) in [6, 6.07) is 7.35.